The number of fused-ring (bicyclic) bond motifs is 1. The van der Waals surface area contributed by atoms with Gasteiger partial charge in [0.15, 0.2) is 11.5 Å². The SMILES string of the molecule is CCCC(C(=O)OC)C(C(=O)O)C(=O)c1cc2nc(OC)c(OC)cc2s1. The van der Waals surface area contributed by atoms with Gasteiger partial charge < -0.3 is 19.3 Å². The molecule has 0 saturated carbocycles. The molecule has 2 rings (SSSR count). The summed E-state index contributed by atoms with van der Waals surface area (Å²) in [5.74, 6) is -4.62. The fourth-order valence-corrected chi connectivity index (χ4v) is 3.86. The van der Waals surface area contributed by atoms with Crippen molar-refractivity contribution in [3.8, 4) is 11.6 Å². The van der Waals surface area contributed by atoms with Crippen LogP contribution in [0.3, 0.4) is 0 Å². The second kappa shape index (κ2) is 8.81. The molecule has 0 fully saturated rings. The molecule has 0 aliphatic heterocycles. The molecule has 2 heterocycles. The molecule has 0 aromatic carbocycles. The highest BCUT2D eigenvalue weighted by Gasteiger charge is 2.40. The van der Waals surface area contributed by atoms with Gasteiger partial charge in [0.05, 0.1) is 42.3 Å². The first-order valence-corrected chi connectivity index (χ1v) is 9.06. The van der Waals surface area contributed by atoms with Crippen LogP contribution in [0.5, 0.6) is 11.6 Å². The first kappa shape index (κ1) is 20.6. The zero-order valence-corrected chi connectivity index (χ0v) is 16.3. The Balaban J connectivity index is 2.48. The number of rotatable bonds is 9. The summed E-state index contributed by atoms with van der Waals surface area (Å²) in [4.78, 5) is 41.2. The van der Waals surface area contributed by atoms with E-state index in [4.69, 9.17) is 14.2 Å². The summed E-state index contributed by atoms with van der Waals surface area (Å²) < 4.78 is 15.7. The Morgan fingerprint density at radius 1 is 1.19 bits per heavy atom. The number of thiophene rings is 1. The molecular formula is C18H21NO7S. The number of hydrogen-bond donors (Lipinski definition) is 1. The number of carbonyl (C=O) groups is 3. The highest BCUT2D eigenvalue weighted by molar-refractivity contribution is 7.20. The van der Waals surface area contributed by atoms with E-state index in [-0.39, 0.29) is 17.2 Å². The zero-order valence-electron chi connectivity index (χ0n) is 15.5. The van der Waals surface area contributed by atoms with Crippen LogP contribution >= 0.6 is 11.3 Å². The van der Waals surface area contributed by atoms with Crippen molar-refractivity contribution in [3.63, 3.8) is 0 Å². The Kier molecular flexibility index (Phi) is 6.73. The van der Waals surface area contributed by atoms with E-state index in [2.05, 4.69) is 4.98 Å². The van der Waals surface area contributed by atoms with Crippen molar-refractivity contribution in [2.75, 3.05) is 21.3 Å². The summed E-state index contributed by atoms with van der Waals surface area (Å²) >= 11 is 1.09. The molecule has 27 heavy (non-hydrogen) atoms. The number of carbonyl (C=O) groups excluding carboxylic acids is 2. The fourth-order valence-electron chi connectivity index (χ4n) is 2.85. The third kappa shape index (κ3) is 4.19. The summed E-state index contributed by atoms with van der Waals surface area (Å²) in [6.07, 6.45) is 0.777. The average molecular weight is 395 g/mol. The van der Waals surface area contributed by atoms with Crippen molar-refractivity contribution in [2.45, 2.75) is 19.8 Å². The number of aliphatic carboxylic acids is 1. The minimum Gasteiger partial charge on any atom is -0.491 e. The molecule has 0 radical (unpaired) electrons. The molecular weight excluding hydrogens is 374 g/mol. The standard InChI is InChI=1S/C18H21NO7S/c1-5-6-9(18(23)26-4)14(17(21)22)15(20)13-7-10-12(27-13)8-11(24-2)16(19-10)25-3/h7-9,14H,5-6H2,1-4H3,(H,21,22). The number of carboxylic acid groups (broad SMARTS) is 1. The van der Waals surface area contributed by atoms with Gasteiger partial charge in [0.2, 0.25) is 0 Å². The quantitative estimate of drug-likeness (QED) is 0.392. The average Bonchev–Trinajstić information content (AvgIpc) is 3.08. The number of methoxy groups -OCH3 is 3. The maximum absolute atomic E-state index is 12.9. The van der Waals surface area contributed by atoms with Gasteiger partial charge in [0, 0.05) is 6.07 Å². The summed E-state index contributed by atoms with van der Waals surface area (Å²) in [6, 6.07) is 3.17. The van der Waals surface area contributed by atoms with Crippen molar-refractivity contribution in [1.29, 1.82) is 0 Å². The molecule has 0 saturated heterocycles. The van der Waals surface area contributed by atoms with Crippen molar-refractivity contribution in [3.05, 3.63) is 17.0 Å². The van der Waals surface area contributed by atoms with Gasteiger partial charge in [-0.1, -0.05) is 13.3 Å². The van der Waals surface area contributed by atoms with Crippen LogP contribution in [-0.2, 0) is 14.3 Å². The molecule has 1 N–H and O–H groups in total. The van der Waals surface area contributed by atoms with E-state index in [1.165, 1.54) is 27.4 Å². The van der Waals surface area contributed by atoms with Crippen LogP contribution < -0.4 is 9.47 Å². The molecule has 0 amide bonds. The minimum atomic E-state index is -1.52. The van der Waals surface area contributed by atoms with Gasteiger partial charge in [-0.05, 0) is 12.5 Å². The minimum absolute atomic E-state index is 0.199. The van der Waals surface area contributed by atoms with Crippen molar-refractivity contribution in [1.82, 2.24) is 4.98 Å². The molecule has 2 unspecified atom stereocenters. The number of esters is 1. The van der Waals surface area contributed by atoms with Crippen LogP contribution in [0.1, 0.15) is 29.4 Å². The van der Waals surface area contributed by atoms with Crippen LogP contribution in [-0.4, -0.2) is 49.1 Å². The molecule has 0 bridgehead atoms. The lowest BCUT2D eigenvalue weighted by molar-refractivity contribution is -0.154. The van der Waals surface area contributed by atoms with Crippen molar-refractivity contribution in [2.24, 2.45) is 11.8 Å². The van der Waals surface area contributed by atoms with E-state index < -0.39 is 29.6 Å². The van der Waals surface area contributed by atoms with E-state index in [0.29, 0.717) is 22.4 Å². The Hall–Kier alpha value is -2.68. The lowest BCUT2D eigenvalue weighted by Crippen LogP contribution is -2.36. The number of aromatic nitrogens is 1. The van der Waals surface area contributed by atoms with E-state index in [1.807, 2.05) is 0 Å². The Labute approximate surface area is 160 Å². The fraction of sp³-hybridized carbons (Fsp3) is 0.444. The normalized spacial score (nSPS) is 13.0. The number of pyridine rings is 1. The number of carboxylic acids is 1. The molecule has 0 spiro atoms. The third-order valence-electron chi connectivity index (χ3n) is 4.15. The zero-order chi connectivity index (χ0) is 20.1. The maximum atomic E-state index is 12.9. The molecule has 2 atom stereocenters. The highest BCUT2D eigenvalue weighted by atomic mass is 32.1. The van der Waals surface area contributed by atoms with Crippen molar-refractivity contribution >= 4 is 39.3 Å². The van der Waals surface area contributed by atoms with Gasteiger partial charge in [0.25, 0.3) is 5.88 Å². The molecule has 146 valence electrons. The number of Topliss-reactive ketones (excluding diaryl/α,β-unsaturated/α-hetero) is 1. The van der Waals surface area contributed by atoms with Crippen LogP contribution in [0.15, 0.2) is 12.1 Å². The molecule has 2 aromatic heterocycles. The molecule has 0 aliphatic rings. The van der Waals surface area contributed by atoms with Gasteiger partial charge in [-0.25, -0.2) is 4.98 Å². The lowest BCUT2D eigenvalue weighted by atomic mass is 9.84. The number of hydrogen-bond acceptors (Lipinski definition) is 8. The largest absolute Gasteiger partial charge is 0.491 e. The topological polar surface area (TPSA) is 112 Å². The van der Waals surface area contributed by atoms with Gasteiger partial charge >= 0.3 is 11.9 Å². The van der Waals surface area contributed by atoms with Crippen LogP contribution in [0.4, 0.5) is 0 Å². The predicted octanol–water partition coefficient (Wildman–Crippen LogP) is 2.79. The van der Waals surface area contributed by atoms with Gasteiger partial charge in [0.1, 0.15) is 5.92 Å². The smallest absolute Gasteiger partial charge is 0.315 e. The third-order valence-corrected chi connectivity index (χ3v) is 5.23. The van der Waals surface area contributed by atoms with Crippen molar-refractivity contribution < 1.29 is 33.7 Å². The number of ether oxygens (including phenoxy) is 3. The van der Waals surface area contributed by atoms with Gasteiger partial charge in [-0.2, -0.15) is 0 Å². The molecule has 9 heteroatoms. The van der Waals surface area contributed by atoms with E-state index in [1.54, 1.807) is 13.0 Å². The van der Waals surface area contributed by atoms with E-state index in [0.717, 1.165) is 11.3 Å². The number of nitrogens with zero attached hydrogens (tertiary/aromatic N) is 1. The highest BCUT2D eigenvalue weighted by Crippen LogP contribution is 2.35. The van der Waals surface area contributed by atoms with Gasteiger partial charge in [-0.15, -0.1) is 11.3 Å². The van der Waals surface area contributed by atoms with E-state index >= 15 is 0 Å². The van der Waals surface area contributed by atoms with Crippen LogP contribution in [0, 0.1) is 11.8 Å². The summed E-state index contributed by atoms with van der Waals surface area (Å²) in [7, 11) is 4.09. The second-order valence-electron chi connectivity index (χ2n) is 5.79. The Morgan fingerprint density at radius 3 is 2.41 bits per heavy atom. The van der Waals surface area contributed by atoms with E-state index in [9.17, 15) is 19.5 Å². The second-order valence-corrected chi connectivity index (χ2v) is 6.88. The van der Waals surface area contributed by atoms with Crippen LogP contribution in [0.25, 0.3) is 10.2 Å². The summed E-state index contributed by atoms with van der Waals surface area (Å²) in [6.45, 7) is 1.81. The Morgan fingerprint density at radius 2 is 1.89 bits per heavy atom. The predicted molar refractivity (Wildman–Crippen MR) is 98.6 cm³/mol. The van der Waals surface area contributed by atoms with Crippen LogP contribution in [0.2, 0.25) is 0 Å². The molecule has 2 aromatic rings. The monoisotopic (exact) mass is 395 g/mol. The first-order valence-electron chi connectivity index (χ1n) is 8.25. The maximum Gasteiger partial charge on any atom is 0.315 e. The first-order chi connectivity index (χ1) is 12.9. The summed E-state index contributed by atoms with van der Waals surface area (Å²) in [5, 5.41) is 9.61. The Bertz CT molecular complexity index is 820. The number of ketones is 1. The summed E-state index contributed by atoms with van der Waals surface area (Å²) in [5.41, 5.74) is 0.482. The van der Waals surface area contributed by atoms with Gasteiger partial charge in [-0.3, -0.25) is 14.4 Å². The lowest BCUT2D eigenvalue weighted by Gasteiger charge is -2.19. The molecule has 0 aliphatic carbocycles. The molecule has 8 nitrogen and oxygen atoms in total.